The van der Waals surface area contributed by atoms with Gasteiger partial charge in [-0.2, -0.15) is 0 Å². The molecule has 0 aliphatic rings. The van der Waals surface area contributed by atoms with Crippen molar-refractivity contribution < 1.29 is 9.84 Å². The third-order valence-corrected chi connectivity index (χ3v) is 4.47. The Bertz CT molecular complexity index is 611. The summed E-state index contributed by atoms with van der Waals surface area (Å²) in [5, 5.41) is 12.1. The molecule has 0 saturated carbocycles. The summed E-state index contributed by atoms with van der Waals surface area (Å²) in [5.74, 6) is 1.08. The summed E-state index contributed by atoms with van der Waals surface area (Å²) in [6, 6.07) is 11.7. The highest BCUT2D eigenvalue weighted by Gasteiger charge is 2.09. The van der Waals surface area contributed by atoms with Crippen molar-refractivity contribution in [3.05, 3.63) is 42.0 Å². The standard InChI is InChI=1S/C16H20NO2P/c1-11-5-8-15(13(9-11)17(2)3)20-16-10-12(19-4)6-7-14(16)18/h5-10,18,20H,1-4H3. The number of aromatic hydroxyl groups is 1. The number of aryl methyl sites for hydroxylation is 1. The van der Waals surface area contributed by atoms with Gasteiger partial charge in [-0.25, -0.2) is 0 Å². The van der Waals surface area contributed by atoms with Gasteiger partial charge in [0.05, 0.1) is 7.11 Å². The fourth-order valence-electron chi connectivity index (χ4n) is 2.00. The largest absolute Gasteiger partial charge is 0.507 e. The molecule has 106 valence electrons. The average Bonchev–Trinajstić information content (AvgIpc) is 2.42. The number of benzene rings is 2. The lowest BCUT2D eigenvalue weighted by atomic mass is 10.2. The number of methoxy groups -OCH3 is 1. The van der Waals surface area contributed by atoms with Crippen LogP contribution in [0.5, 0.6) is 11.5 Å². The quantitative estimate of drug-likeness (QED) is 0.877. The summed E-state index contributed by atoms with van der Waals surface area (Å²) in [7, 11) is 6.10. The maximum atomic E-state index is 10.0. The predicted octanol–water partition coefficient (Wildman–Crippen LogP) is 2.40. The zero-order chi connectivity index (χ0) is 14.7. The molecule has 0 aliphatic carbocycles. The second kappa shape index (κ2) is 6.15. The fourth-order valence-corrected chi connectivity index (χ4v) is 3.31. The van der Waals surface area contributed by atoms with Gasteiger partial charge < -0.3 is 14.7 Å². The van der Waals surface area contributed by atoms with E-state index >= 15 is 0 Å². The van der Waals surface area contributed by atoms with Crippen LogP contribution in [0.4, 0.5) is 5.69 Å². The lowest BCUT2D eigenvalue weighted by molar-refractivity contribution is 0.413. The second-order valence-electron chi connectivity index (χ2n) is 4.92. The van der Waals surface area contributed by atoms with E-state index in [1.807, 2.05) is 20.2 Å². The van der Waals surface area contributed by atoms with E-state index in [2.05, 4.69) is 30.0 Å². The summed E-state index contributed by atoms with van der Waals surface area (Å²) in [4.78, 5) is 2.10. The molecule has 2 aromatic rings. The number of rotatable bonds is 4. The molecule has 20 heavy (non-hydrogen) atoms. The molecule has 0 spiro atoms. The van der Waals surface area contributed by atoms with Gasteiger partial charge in [0.15, 0.2) is 0 Å². The summed E-state index contributed by atoms with van der Waals surface area (Å²) in [5.41, 5.74) is 2.42. The van der Waals surface area contributed by atoms with E-state index in [1.165, 1.54) is 16.6 Å². The highest BCUT2D eigenvalue weighted by atomic mass is 31.1. The third-order valence-electron chi connectivity index (χ3n) is 3.11. The molecule has 0 amide bonds. The van der Waals surface area contributed by atoms with Crippen LogP contribution in [0.15, 0.2) is 36.4 Å². The Morgan fingerprint density at radius 3 is 2.45 bits per heavy atom. The second-order valence-corrected chi connectivity index (χ2v) is 6.25. The lowest BCUT2D eigenvalue weighted by Gasteiger charge is -2.18. The van der Waals surface area contributed by atoms with E-state index in [9.17, 15) is 5.11 Å². The van der Waals surface area contributed by atoms with Crippen LogP contribution in [-0.4, -0.2) is 26.3 Å². The minimum absolute atomic E-state index is 0.314. The average molecular weight is 289 g/mol. The van der Waals surface area contributed by atoms with E-state index in [-0.39, 0.29) is 0 Å². The molecular formula is C16H20NO2P. The van der Waals surface area contributed by atoms with Crippen LogP contribution in [0, 0.1) is 6.92 Å². The first-order valence-corrected chi connectivity index (χ1v) is 7.43. The molecule has 1 N–H and O–H groups in total. The van der Waals surface area contributed by atoms with Gasteiger partial charge in [0.1, 0.15) is 11.5 Å². The topological polar surface area (TPSA) is 32.7 Å². The van der Waals surface area contributed by atoms with Gasteiger partial charge >= 0.3 is 0 Å². The van der Waals surface area contributed by atoms with Crippen molar-refractivity contribution >= 4 is 24.9 Å². The number of phenolic OH excluding ortho intramolecular Hbond substituents is 1. The first-order valence-electron chi connectivity index (χ1n) is 6.43. The molecule has 2 rings (SSSR count). The van der Waals surface area contributed by atoms with Gasteiger partial charge in [-0.05, 0) is 36.8 Å². The van der Waals surface area contributed by atoms with Crippen LogP contribution in [-0.2, 0) is 0 Å². The number of anilines is 1. The minimum Gasteiger partial charge on any atom is -0.507 e. The zero-order valence-corrected chi connectivity index (χ0v) is 13.3. The van der Waals surface area contributed by atoms with Crippen molar-refractivity contribution in [2.45, 2.75) is 6.92 Å². The maximum Gasteiger partial charge on any atom is 0.123 e. The molecule has 2 aromatic carbocycles. The molecule has 3 nitrogen and oxygen atoms in total. The first-order chi connectivity index (χ1) is 9.51. The van der Waals surface area contributed by atoms with Crippen molar-refractivity contribution in [2.24, 2.45) is 0 Å². The SMILES string of the molecule is COc1ccc(O)c(Pc2ccc(C)cc2N(C)C)c1. The van der Waals surface area contributed by atoms with Crippen LogP contribution in [0.25, 0.3) is 0 Å². The van der Waals surface area contributed by atoms with Crippen molar-refractivity contribution in [3.8, 4) is 11.5 Å². The van der Waals surface area contributed by atoms with Crippen molar-refractivity contribution in [3.63, 3.8) is 0 Å². The fraction of sp³-hybridized carbons (Fsp3) is 0.250. The van der Waals surface area contributed by atoms with Crippen LogP contribution < -0.4 is 20.2 Å². The zero-order valence-electron chi connectivity index (χ0n) is 12.3. The van der Waals surface area contributed by atoms with E-state index in [1.54, 1.807) is 19.2 Å². The molecule has 0 radical (unpaired) electrons. The first kappa shape index (κ1) is 14.7. The van der Waals surface area contributed by atoms with Crippen LogP contribution in [0.2, 0.25) is 0 Å². The molecule has 0 aromatic heterocycles. The third kappa shape index (κ3) is 3.23. The summed E-state index contributed by atoms with van der Waals surface area (Å²) >= 11 is 0. The van der Waals surface area contributed by atoms with E-state index in [0.717, 1.165) is 11.1 Å². The summed E-state index contributed by atoms with van der Waals surface area (Å²) in [6.07, 6.45) is 0. The van der Waals surface area contributed by atoms with Crippen LogP contribution in [0.3, 0.4) is 0 Å². The predicted molar refractivity (Wildman–Crippen MR) is 87.7 cm³/mol. The Balaban J connectivity index is 2.39. The van der Waals surface area contributed by atoms with E-state index in [0.29, 0.717) is 14.3 Å². The number of phenols is 1. The number of hydrogen-bond acceptors (Lipinski definition) is 3. The lowest BCUT2D eigenvalue weighted by Crippen LogP contribution is -2.18. The molecule has 1 atom stereocenters. The van der Waals surface area contributed by atoms with Crippen molar-refractivity contribution in [2.75, 3.05) is 26.1 Å². The number of nitrogens with zero attached hydrogens (tertiary/aromatic N) is 1. The molecule has 0 aliphatic heterocycles. The summed E-state index contributed by atoms with van der Waals surface area (Å²) in [6.45, 7) is 2.09. The summed E-state index contributed by atoms with van der Waals surface area (Å²) < 4.78 is 5.23. The molecule has 1 unspecified atom stereocenters. The van der Waals surface area contributed by atoms with Gasteiger partial charge in [0, 0.05) is 30.4 Å². The van der Waals surface area contributed by atoms with Gasteiger partial charge in [0.2, 0.25) is 0 Å². The Morgan fingerprint density at radius 1 is 1.05 bits per heavy atom. The van der Waals surface area contributed by atoms with E-state index in [4.69, 9.17) is 4.74 Å². The maximum absolute atomic E-state index is 10.0. The molecule has 0 heterocycles. The van der Waals surface area contributed by atoms with Gasteiger partial charge in [-0.15, -0.1) is 0 Å². The van der Waals surface area contributed by atoms with Gasteiger partial charge in [-0.3, -0.25) is 0 Å². The van der Waals surface area contributed by atoms with Crippen LogP contribution in [0.1, 0.15) is 5.56 Å². The minimum atomic E-state index is 0.314. The van der Waals surface area contributed by atoms with Crippen molar-refractivity contribution in [1.82, 2.24) is 0 Å². The smallest absolute Gasteiger partial charge is 0.123 e. The Hall–Kier alpha value is -1.73. The number of hydrogen-bond donors (Lipinski definition) is 1. The Kier molecular flexibility index (Phi) is 4.51. The highest BCUT2D eigenvalue weighted by Crippen LogP contribution is 2.26. The van der Waals surface area contributed by atoms with Crippen molar-refractivity contribution in [1.29, 1.82) is 0 Å². The number of ether oxygens (including phenoxy) is 1. The molecule has 0 saturated heterocycles. The monoisotopic (exact) mass is 289 g/mol. The van der Waals surface area contributed by atoms with Gasteiger partial charge in [-0.1, -0.05) is 20.7 Å². The van der Waals surface area contributed by atoms with E-state index < -0.39 is 0 Å². The Morgan fingerprint density at radius 2 is 1.80 bits per heavy atom. The van der Waals surface area contributed by atoms with Gasteiger partial charge in [0.25, 0.3) is 0 Å². The molecule has 4 heteroatoms. The highest BCUT2D eigenvalue weighted by molar-refractivity contribution is 7.56. The Labute approximate surface area is 122 Å². The normalized spacial score (nSPS) is 11.0. The molecule has 0 fully saturated rings. The van der Waals surface area contributed by atoms with Crippen LogP contribution >= 0.6 is 8.58 Å². The molecule has 0 bridgehead atoms. The molecular weight excluding hydrogens is 269 g/mol.